The third kappa shape index (κ3) is 30.2. The van der Waals surface area contributed by atoms with E-state index in [-0.39, 0.29) is 5.11 Å². The highest BCUT2D eigenvalue weighted by molar-refractivity contribution is 7.80. The fraction of sp³-hybridized carbons (Fsp3) is 0.714. The molecule has 0 heterocycles. The summed E-state index contributed by atoms with van der Waals surface area (Å²) in [5.41, 5.74) is 14.5. The number of hydrogen-bond donors (Lipinski definition) is 4. The van der Waals surface area contributed by atoms with E-state index in [2.05, 4.69) is 46.1 Å². The van der Waals surface area contributed by atoms with Crippen molar-refractivity contribution in [3.05, 3.63) is 0 Å². The topological polar surface area (TPSA) is 93.3 Å². The largest absolute Gasteiger partial charge is 0.377 e. The van der Waals surface area contributed by atoms with Crippen LogP contribution in [0.5, 0.6) is 0 Å². The Labute approximate surface area is 96.0 Å². The normalized spacial score (nSPS) is 8.79. The lowest BCUT2D eigenvalue weighted by atomic mass is 10.4. The molecule has 0 saturated heterocycles. The molecule has 0 radical (unpaired) electrons. The molecule has 0 aliphatic carbocycles. The van der Waals surface area contributed by atoms with Crippen LogP contribution in [0.2, 0.25) is 0 Å². The van der Waals surface area contributed by atoms with Gasteiger partial charge < -0.3 is 27.4 Å². The van der Waals surface area contributed by atoms with Gasteiger partial charge >= 0.3 is 0 Å². The second kappa shape index (κ2) is 10.4. The van der Waals surface area contributed by atoms with Gasteiger partial charge in [-0.2, -0.15) is 0 Å². The van der Waals surface area contributed by atoms with Crippen LogP contribution in [0.4, 0.5) is 0 Å². The average molecular weight is 237 g/mol. The predicted octanol–water partition coefficient (Wildman–Crippen LogP) is -1.04. The van der Waals surface area contributed by atoms with E-state index < -0.39 is 0 Å². The standard InChI is InChI=1S/C6H15N3S.CH4N2S/c1-9(2)5-3-4-8-6(7)10;2-1(3)4/h3-5H2,1-2H3,(H3,7,8,10);(H4,2,3,4). The molecule has 0 saturated carbocycles. The molecular weight excluding hydrogens is 218 g/mol. The second-order valence-electron chi connectivity index (χ2n) is 2.85. The summed E-state index contributed by atoms with van der Waals surface area (Å²) in [7, 11) is 4.08. The lowest BCUT2D eigenvalue weighted by Gasteiger charge is -2.09. The molecule has 0 atom stereocenters. The highest BCUT2D eigenvalue weighted by atomic mass is 32.1. The van der Waals surface area contributed by atoms with Crippen molar-refractivity contribution in [3.8, 4) is 0 Å². The molecule has 0 fully saturated rings. The van der Waals surface area contributed by atoms with E-state index in [9.17, 15) is 0 Å². The first-order chi connectivity index (χ1) is 6.36. The van der Waals surface area contributed by atoms with Gasteiger partial charge in [-0.25, -0.2) is 0 Å². The minimum atomic E-state index is 0.000000000000000222. The number of rotatable bonds is 4. The van der Waals surface area contributed by atoms with E-state index in [0.717, 1.165) is 19.5 Å². The number of nitrogens with one attached hydrogen (secondary N) is 1. The maximum Gasteiger partial charge on any atom is 0.163 e. The molecule has 0 bridgehead atoms. The van der Waals surface area contributed by atoms with Crippen LogP contribution in [0.15, 0.2) is 0 Å². The summed E-state index contributed by atoms with van der Waals surface area (Å²) in [5.74, 6) is 0. The first-order valence-electron chi connectivity index (χ1n) is 4.09. The summed E-state index contributed by atoms with van der Waals surface area (Å²) in [6, 6.07) is 0. The molecular formula is C7H19N5S2. The van der Waals surface area contributed by atoms with Gasteiger partial charge in [0, 0.05) is 6.54 Å². The smallest absolute Gasteiger partial charge is 0.163 e. The summed E-state index contributed by atoms with van der Waals surface area (Å²) in [6.45, 7) is 1.93. The maximum absolute atomic E-state index is 5.22. The quantitative estimate of drug-likeness (QED) is 0.366. The molecule has 0 aliphatic rings. The number of nitrogens with two attached hydrogens (primary N) is 3. The van der Waals surface area contributed by atoms with E-state index in [1.165, 1.54) is 0 Å². The van der Waals surface area contributed by atoms with Crippen LogP contribution in [0.3, 0.4) is 0 Å². The zero-order valence-corrected chi connectivity index (χ0v) is 10.3. The van der Waals surface area contributed by atoms with Crippen LogP contribution in [-0.4, -0.2) is 42.3 Å². The maximum atomic E-state index is 5.22. The van der Waals surface area contributed by atoms with Crippen molar-refractivity contribution in [2.45, 2.75) is 6.42 Å². The third-order valence-electron chi connectivity index (χ3n) is 1.08. The molecule has 7 heteroatoms. The van der Waals surface area contributed by atoms with Gasteiger partial charge in [-0.05, 0) is 51.5 Å². The summed E-state index contributed by atoms with van der Waals surface area (Å²) >= 11 is 8.72. The molecule has 0 aromatic rings. The van der Waals surface area contributed by atoms with Crippen molar-refractivity contribution >= 4 is 34.7 Å². The Kier molecular flexibility index (Phi) is 11.8. The minimum absolute atomic E-state index is 0.000000000000000222. The van der Waals surface area contributed by atoms with E-state index >= 15 is 0 Å². The predicted molar refractivity (Wildman–Crippen MR) is 68.9 cm³/mol. The van der Waals surface area contributed by atoms with Gasteiger partial charge in [0.25, 0.3) is 0 Å². The van der Waals surface area contributed by atoms with Gasteiger partial charge in [-0.1, -0.05) is 0 Å². The van der Waals surface area contributed by atoms with Gasteiger partial charge in [0.05, 0.1) is 0 Å². The zero-order valence-electron chi connectivity index (χ0n) is 8.62. The van der Waals surface area contributed by atoms with Crippen molar-refractivity contribution in [2.75, 3.05) is 27.2 Å². The second-order valence-corrected chi connectivity index (χ2v) is 3.76. The Bertz CT molecular complexity index is 167. The zero-order chi connectivity index (χ0) is 11.6. The van der Waals surface area contributed by atoms with Crippen molar-refractivity contribution in [1.29, 1.82) is 0 Å². The van der Waals surface area contributed by atoms with Crippen LogP contribution in [0.25, 0.3) is 0 Å². The molecule has 0 amide bonds. The van der Waals surface area contributed by atoms with Gasteiger partial charge in [-0.15, -0.1) is 0 Å². The summed E-state index contributed by atoms with van der Waals surface area (Å²) in [5, 5.41) is 3.27. The third-order valence-corrected chi connectivity index (χ3v) is 1.23. The molecule has 84 valence electrons. The molecule has 7 N–H and O–H groups in total. The van der Waals surface area contributed by atoms with Gasteiger partial charge in [0.15, 0.2) is 10.2 Å². The molecule has 0 aliphatic heterocycles. The fourth-order valence-electron chi connectivity index (χ4n) is 0.607. The highest BCUT2D eigenvalue weighted by Crippen LogP contribution is 1.79. The molecule has 0 rings (SSSR count). The monoisotopic (exact) mass is 237 g/mol. The average Bonchev–Trinajstić information content (AvgIpc) is 1.96. The van der Waals surface area contributed by atoms with Crippen molar-refractivity contribution < 1.29 is 0 Å². The molecule has 5 nitrogen and oxygen atoms in total. The number of hydrogen-bond acceptors (Lipinski definition) is 3. The van der Waals surface area contributed by atoms with E-state index in [1.807, 2.05) is 14.1 Å². The first kappa shape index (κ1) is 15.8. The number of nitrogens with zero attached hydrogens (tertiary/aromatic N) is 1. The summed E-state index contributed by atoms with van der Waals surface area (Å²) < 4.78 is 0. The molecule has 0 aromatic carbocycles. The Balaban J connectivity index is 0. The lowest BCUT2D eigenvalue weighted by Crippen LogP contribution is -2.31. The van der Waals surface area contributed by atoms with Crippen LogP contribution in [0, 0.1) is 0 Å². The lowest BCUT2D eigenvalue weighted by molar-refractivity contribution is 0.400. The summed E-state index contributed by atoms with van der Waals surface area (Å²) in [6.07, 6.45) is 1.07. The van der Waals surface area contributed by atoms with Gasteiger partial charge in [0.2, 0.25) is 0 Å². The van der Waals surface area contributed by atoms with Crippen LogP contribution in [0.1, 0.15) is 6.42 Å². The molecule has 0 unspecified atom stereocenters. The minimum Gasteiger partial charge on any atom is -0.377 e. The SMILES string of the molecule is CN(C)CCCNC(N)=S.NC(N)=S. The van der Waals surface area contributed by atoms with Crippen LogP contribution in [-0.2, 0) is 0 Å². The molecule has 0 aromatic heterocycles. The number of thiocarbonyl (C=S) groups is 2. The van der Waals surface area contributed by atoms with Crippen LogP contribution < -0.4 is 22.5 Å². The van der Waals surface area contributed by atoms with Gasteiger partial charge in [-0.3, -0.25) is 0 Å². The highest BCUT2D eigenvalue weighted by Gasteiger charge is 1.89. The van der Waals surface area contributed by atoms with Crippen molar-refractivity contribution in [2.24, 2.45) is 17.2 Å². The van der Waals surface area contributed by atoms with Crippen molar-refractivity contribution in [1.82, 2.24) is 10.2 Å². The Hall–Kier alpha value is -0.660. The fourth-order valence-corrected chi connectivity index (χ4v) is 0.709. The van der Waals surface area contributed by atoms with E-state index in [4.69, 9.17) is 5.73 Å². The first-order valence-corrected chi connectivity index (χ1v) is 4.90. The molecule has 14 heavy (non-hydrogen) atoms. The Morgan fingerprint density at radius 3 is 1.93 bits per heavy atom. The Morgan fingerprint density at radius 1 is 1.21 bits per heavy atom. The molecule has 0 spiro atoms. The van der Waals surface area contributed by atoms with Crippen molar-refractivity contribution in [3.63, 3.8) is 0 Å². The van der Waals surface area contributed by atoms with E-state index in [1.54, 1.807) is 0 Å². The Morgan fingerprint density at radius 2 is 1.64 bits per heavy atom. The van der Waals surface area contributed by atoms with Crippen LogP contribution >= 0.6 is 24.4 Å². The summed E-state index contributed by atoms with van der Waals surface area (Å²) in [4.78, 5) is 2.13. The van der Waals surface area contributed by atoms with E-state index in [0.29, 0.717) is 5.11 Å². The van der Waals surface area contributed by atoms with Gasteiger partial charge in [0.1, 0.15) is 0 Å².